The summed E-state index contributed by atoms with van der Waals surface area (Å²) in [5.41, 5.74) is 3.64. The van der Waals surface area contributed by atoms with Gasteiger partial charge in [0.05, 0.1) is 28.5 Å². The van der Waals surface area contributed by atoms with Crippen molar-refractivity contribution in [2.45, 2.75) is 19.3 Å². The van der Waals surface area contributed by atoms with Crippen molar-refractivity contribution in [3.8, 4) is 11.8 Å². The molecule has 8 heteroatoms. The van der Waals surface area contributed by atoms with Crippen LogP contribution in [0.3, 0.4) is 0 Å². The minimum atomic E-state index is -0.934. The van der Waals surface area contributed by atoms with Crippen LogP contribution in [0.25, 0.3) is 10.9 Å². The summed E-state index contributed by atoms with van der Waals surface area (Å²) >= 11 is 0. The van der Waals surface area contributed by atoms with Crippen LogP contribution in [-0.2, 0) is 22.4 Å². The normalized spacial score (nSPS) is 19.3. The minimum Gasteiger partial charge on any atom is -0.469 e. The summed E-state index contributed by atoms with van der Waals surface area (Å²) in [7, 11) is 1.38. The van der Waals surface area contributed by atoms with Crippen LogP contribution in [0.5, 0.6) is 0 Å². The number of piperidine rings is 1. The van der Waals surface area contributed by atoms with Crippen LogP contribution in [0, 0.1) is 33.3 Å². The SMILES string of the molecule is COC(=O)[C@]12Cc3cc4cccc(C#Cc5ccccc5)c4nc3C[C@@H]1CCN(C(=O)c1cccc([N+](=O)[O-])c1)C2. The highest BCUT2D eigenvalue weighted by Gasteiger charge is 2.53. The van der Waals surface area contributed by atoms with Gasteiger partial charge in [-0.1, -0.05) is 48.2 Å². The van der Waals surface area contributed by atoms with Gasteiger partial charge in [0.15, 0.2) is 0 Å². The second-order valence-corrected chi connectivity index (χ2v) is 10.6. The number of carbonyl (C=O) groups excluding carboxylic acids is 2. The maximum Gasteiger partial charge on any atom is 0.314 e. The number of pyridine rings is 1. The van der Waals surface area contributed by atoms with E-state index in [2.05, 4.69) is 17.9 Å². The molecule has 0 bridgehead atoms. The zero-order chi connectivity index (χ0) is 28.6. The monoisotopic (exact) mass is 545 g/mol. The molecule has 1 aromatic heterocycles. The summed E-state index contributed by atoms with van der Waals surface area (Å²) in [6.07, 6.45) is 1.56. The van der Waals surface area contributed by atoms with Crippen LogP contribution in [-0.4, -0.2) is 46.9 Å². The first-order valence-corrected chi connectivity index (χ1v) is 13.5. The first-order chi connectivity index (χ1) is 19.9. The Balaban J connectivity index is 1.35. The van der Waals surface area contributed by atoms with Crippen LogP contribution in [0.4, 0.5) is 5.69 Å². The largest absolute Gasteiger partial charge is 0.469 e. The number of benzene rings is 3. The molecule has 1 aliphatic heterocycles. The number of methoxy groups -OCH3 is 1. The topological polar surface area (TPSA) is 103 Å². The number of fused-ring (bicyclic) bond motifs is 3. The number of amides is 1. The summed E-state index contributed by atoms with van der Waals surface area (Å²) in [4.78, 5) is 44.3. The molecule has 41 heavy (non-hydrogen) atoms. The van der Waals surface area contributed by atoms with Gasteiger partial charge in [0.1, 0.15) is 0 Å². The molecule has 2 aliphatic rings. The van der Waals surface area contributed by atoms with Crippen LogP contribution < -0.4 is 0 Å². The fourth-order valence-electron chi connectivity index (χ4n) is 6.19. The molecular weight excluding hydrogens is 518 g/mol. The van der Waals surface area contributed by atoms with Crippen molar-refractivity contribution in [2.75, 3.05) is 20.2 Å². The maximum absolute atomic E-state index is 13.5. The number of esters is 1. The van der Waals surface area contributed by atoms with E-state index < -0.39 is 10.3 Å². The number of nitro benzene ring substituents is 1. The third-order valence-electron chi connectivity index (χ3n) is 8.26. The van der Waals surface area contributed by atoms with Crippen LogP contribution in [0.15, 0.2) is 78.9 Å². The smallest absolute Gasteiger partial charge is 0.314 e. The van der Waals surface area contributed by atoms with E-state index in [9.17, 15) is 19.7 Å². The second-order valence-electron chi connectivity index (χ2n) is 10.6. The van der Waals surface area contributed by atoms with Gasteiger partial charge < -0.3 is 9.64 Å². The van der Waals surface area contributed by atoms with Gasteiger partial charge in [-0.05, 0) is 61.1 Å². The van der Waals surface area contributed by atoms with Gasteiger partial charge >= 0.3 is 5.97 Å². The van der Waals surface area contributed by atoms with E-state index in [0.717, 1.165) is 33.3 Å². The third-order valence-corrected chi connectivity index (χ3v) is 8.26. The van der Waals surface area contributed by atoms with Crippen molar-refractivity contribution >= 4 is 28.5 Å². The average Bonchev–Trinajstić information content (AvgIpc) is 3.01. The summed E-state index contributed by atoms with van der Waals surface area (Å²) in [5.74, 6) is 5.74. The number of non-ortho nitro benzene ring substituents is 1. The molecule has 0 saturated carbocycles. The lowest BCUT2D eigenvalue weighted by Gasteiger charge is -2.49. The highest BCUT2D eigenvalue weighted by atomic mass is 16.6. The van der Waals surface area contributed by atoms with Crippen molar-refractivity contribution in [3.63, 3.8) is 0 Å². The number of nitrogens with zero attached hydrogens (tertiary/aromatic N) is 3. The fourth-order valence-corrected chi connectivity index (χ4v) is 6.19. The van der Waals surface area contributed by atoms with Crippen LogP contribution in [0.2, 0.25) is 0 Å². The van der Waals surface area contributed by atoms with Gasteiger partial charge in [-0.3, -0.25) is 24.7 Å². The molecule has 8 nitrogen and oxygen atoms in total. The number of para-hydroxylation sites is 1. The number of likely N-dealkylation sites (tertiary alicyclic amines) is 1. The molecule has 204 valence electrons. The Morgan fingerprint density at radius 3 is 2.63 bits per heavy atom. The molecule has 1 saturated heterocycles. The highest BCUT2D eigenvalue weighted by molar-refractivity contribution is 5.95. The van der Waals surface area contributed by atoms with E-state index in [1.54, 1.807) is 11.0 Å². The zero-order valence-corrected chi connectivity index (χ0v) is 22.5. The molecule has 2 heterocycles. The predicted molar refractivity (Wildman–Crippen MR) is 153 cm³/mol. The predicted octanol–water partition coefficient (Wildman–Crippen LogP) is 4.96. The van der Waals surface area contributed by atoms with E-state index in [1.165, 1.54) is 25.3 Å². The van der Waals surface area contributed by atoms with E-state index in [-0.39, 0.29) is 35.6 Å². The van der Waals surface area contributed by atoms with Gasteiger partial charge in [0.25, 0.3) is 11.6 Å². The molecule has 0 spiro atoms. The van der Waals surface area contributed by atoms with Crippen molar-refractivity contribution in [1.29, 1.82) is 0 Å². The Morgan fingerprint density at radius 1 is 1.05 bits per heavy atom. The first kappa shape index (κ1) is 26.2. The molecule has 0 N–H and O–H groups in total. The quantitative estimate of drug-likeness (QED) is 0.156. The third kappa shape index (κ3) is 4.80. The van der Waals surface area contributed by atoms with Crippen molar-refractivity contribution < 1.29 is 19.2 Å². The Hall–Kier alpha value is -5.03. The number of hydrogen-bond donors (Lipinski definition) is 0. The van der Waals surface area contributed by atoms with Gasteiger partial charge in [-0.15, -0.1) is 0 Å². The molecule has 4 aromatic rings. The standard InChI is InChI=1S/C33H27N3O5/c1-41-32(38)33-20-26-17-24-10-5-9-23(14-13-22-7-3-2-4-8-22)30(24)34-29(26)19-27(33)15-16-35(21-33)31(37)25-11-6-12-28(18-25)36(39)40/h2-12,17-18,27H,15-16,19-21H2,1H3/t27-,33-/m0/s1. The highest BCUT2D eigenvalue weighted by Crippen LogP contribution is 2.46. The minimum absolute atomic E-state index is 0.0656. The summed E-state index contributed by atoms with van der Waals surface area (Å²) in [6.45, 7) is 0.605. The molecule has 1 amide bonds. The molecular formula is C33H27N3O5. The van der Waals surface area contributed by atoms with E-state index in [1.807, 2.05) is 48.5 Å². The lowest BCUT2D eigenvalue weighted by molar-refractivity contribution is -0.384. The number of ether oxygens (including phenoxy) is 1. The van der Waals surface area contributed by atoms with Crippen LogP contribution >= 0.6 is 0 Å². The Morgan fingerprint density at radius 2 is 1.85 bits per heavy atom. The number of hydrogen-bond acceptors (Lipinski definition) is 6. The van der Waals surface area contributed by atoms with Gasteiger partial charge in [0.2, 0.25) is 0 Å². The van der Waals surface area contributed by atoms with E-state index in [4.69, 9.17) is 9.72 Å². The van der Waals surface area contributed by atoms with Crippen molar-refractivity contribution in [2.24, 2.45) is 11.3 Å². The maximum atomic E-state index is 13.5. The lowest BCUT2D eigenvalue weighted by Crippen LogP contribution is -2.58. The van der Waals surface area contributed by atoms with Crippen molar-refractivity contribution in [3.05, 3.63) is 117 Å². The van der Waals surface area contributed by atoms with E-state index >= 15 is 0 Å². The molecule has 2 atom stereocenters. The van der Waals surface area contributed by atoms with Gasteiger partial charge in [0, 0.05) is 47.4 Å². The van der Waals surface area contributed by atoms with Gasteiger partial charge in [-0.2, -0.15) is 0 Å². The summed E-state index contributed by atoms with van der Waals surface area (Å²) in [5, 5.41) is 12.2. The number of aromatic nitrogens is 1. The Bertz CT molecular complexity index is 1760. The average molecular weight is 546 g/mol. The molecule has 6 rings (SSSR count). The van der Waals surface area contributed by atoms with E-state index in [0.29, 0.717) is 25.8 Å². The summed E-state index contributed by atoms with van der Waals surface area (Å²) < 4.78 is 5.33. The molecule has 3 aromatic carbocycles. The molecule has 1 aliphatic carbocycles. The number of nitro groups is 1. The molecule has 1 fully saturated rings. The second kappa shape index (κ2) is 10.5. The number of carbonyl (C=O) groups is 2. The lowest BCUT2D eigenvalue weighted by atomic mass is 9.62. The van der Waals surface area contributed by atoms with Crippen molar-refractivity contribution in [1.82, 2.24) is 9.88 Å². The van der Waals surface area contributed by atoms with Gasteiger partial charge in [-0.25, -0.2) is 0 Å². The zero-order valence-electron chi connectivity index (χ0n) is 22.5. The number of rotatable bonds is 3. The molecule has 0 radical (unpaired) electrons. The Labute approximate surface area is 237 Å². The van der Waals surface area contributed by atoms with Crippen LogP contribution in [0.1, 0.15) is 39.2 Å². The first-order valence-electron chi connectivity index (χ1n) is 13.5. The Kier molecular flexibility index (Phi) is 6.72. The molecule has 0 unspecified atom stereocenters. The summed E-state index contributed by atoms with van der Waals surface area (Å²) in [6, 6.07) is 23.5. The fraction of sp³-hybridized carbons (Fsp3) is 0.242.